The Balaban J connectivity index is 1.66. The second-order valence-electron chi connectivity index (χ2n) is 7.49. The van der Waals surface area contributed by atoms with E-state index in [2.05, 4.69) is 56.4 Å². The topological polar surface area (TPSA) is 38.7 Å². The zero-order valence-corrected chi connectivity index (χ0v) is 17.2. The summed E-state index contributed by atoms with van der Waals surface area (Å²) >= 11 is 0. The first-order valence-corrected chi connectivity index (χ1v) is 10.3. The van der Waals surface area contributed by atoms with Crippen LogP contribution >= 0.6 is 0 Å². The standard InChI is InChI=1S/C27H20BN3/c28-24-16-8-14-22(18-24)21-13-7-15-23(17-21)27-30-25(19-9-3-1-4-10-19)29-26(31-27)20-11-5-2-6-12-20/h1-18H,28H2. The zero-order valence-electron chi connectivity index (χ0n) is 17.2. The Morgan fingerprint density at radius 2 is 0.806 bits per heavy atom. The molecule has 0 saturated heterocycles. The van der Waals surface area contributed by atoms with E-state index >= 15 is 0 Å². The van der Waals surface area contributed by atoms with Crippen LogP contribution in [0, 0.1) is 0 Å². The van der Waals surface area contributed by atoms with Crippen LogP contribution in [0.25, 0.3) is 45.3 Å². The highest BCUT2D eigenvalue weighted by Crippen LogP contribution is 2.27. The third-order valence-corrected chi connectivity index (χ3v) is 5.17. The van der Waals surface area contributed by atoms with E-state index in [9.17, 15) is 0 Å². The maximum atomic E-state index is 4.83. The molecule has 0 atom stereocenters. The lowest BCUT2D eigenvalue weighted by Gasteiger charge is -2.10. The molecule has 0 unspecified atom stereocenters. The van der Waals surface area contributed by atoms with Crippen molar-refractivity contribution in [1.82, 2.24) is 15.0 Å². The Morgan fingerprint density at radius 3 is 1.35 bits per heavy atom. The second-order valence-corrected chi connectivity index (χ2v) is 7.49. The van der Waals surface area contributed by atoms with Gasteiger partial charge in [-0.15, -0.1) is 0 Å². The molecule has 0 bridgehead atoms. The van der Waals surface area contributed by atoms with Gasteiger partial charge in [-0.05, 0) is 17.2 Å². The first-order chi connectivity index (χ1) is 15.3. The van der Waals surface area contributed by atoms with Gasteiger partial charge in [0.1, 0.15) is 7.85 Å². The molecule has 5 rings (SSSR count). The van der Waals surface area contributed by atoms with E-state index in [4.69, 9.17) is 15.0 Å². The highest BCUT2D eigenvalue weighted by molar-refractivity contribution is 6.32. The molecule has 0 amide bonds. The molecular formula is C27H20BN3. The summed E-state index contributed by atoms with van der Waals surface area (Å²) in [5.41, 5.74) is 6.47. The van der Waals surface area contributed by atoms with Gasteiger partial charge in [0.15, 0.2) is 17.5 Å². The minimum Gasteiger partial charge on any atom is -0.208 e. The van der Waals surface area contributed by atoms with Gasteiger partial charge in [0.2, 0.25) is 0 Å². The summed E-state index contributed by atoms with van der Waals surface area (Å²) in [7, 11) is 2.11. The fourth-order valence-corrected chi connectivity index (χ4v) is 3.60. The van der Waals surface area contributed by atoms with Crippen molar-refractivity contribution in [2.45, 2.75) is 0 Å². The lowest BCUT2D eigenvalue weighted by atomic mass is 9.92. The summed E-state index contributed by atoms with van der Waals surface area (Å²) in [6, 6.07) is 37.0. The Kier molecular flexibility index (Phi) is 5.11. The third kappa shape index (κ3) is 4.14. The molecule has 0 fully saturated rings. The molecule has 0 spiro atoms. The van der Waals surface area contributed by atoms with Crippen molar-refractivity contribution in [3.8, 4) is 45.3 Å². The van der Waals surface area contributed by atoms with Gasteiger partial charge in [0.05, 0.1) is 0 Å². The third-order valence-electron chi connectivity index (χ3n) is 5.17. The van der Waals surface area contributed by atoms with Gasteiger partial charge in [-0.3, -0.25) is 0 Å². The Hall–Kier alpha value is -4.05. The fraction of sp³-hybridized carbons (Fsp3) is 0. The second kappa shape index (κ2) is 8.37. The molecule has 0 saturated carbocycles. The van der Waals surface area contributed by atoms with E-state index in [1.54, 1.807) is 0 Å². The van der Waals surface area contributed by atoms with E-state index in [-0.39, 0.29) is 0 Å². The van der Waals surface area contributed by atoms with Crippen LogP contribution in [0.4, 0.5) is 0 Å². The molecule has 4 aromatic carbocycles. The predicted octanol–water partition coefficient (Wildman–Crippen LogP) is 4.80. The van der Waals surface area contributed by atoms with Crippen molar-refractivity contribution in [2.24, 2.45) is 0 Å². The van der Waals surface area contributed by atoms with Crippen molar-refractivity contribution in [1.29, 1.82) is 0 Å². The lowest BCUT2D eigenvalue weighted by Crippen LogP contribution is -2.01. The number of rotatable bonds is 4. The smallest absolute Gasteiger partial charge is 0.164 e. The monoisotopic (exact) mass is 397 g/mol. The Morgan fingerprint density at radius 1 is 0.387 bits per heavy atom. The lowest BCUT2D eigenvalue weighted by molar-refractivity contribution is 1.07. The molecule has 1 aromatic heterocycles. The van der Waals surface area contributed by atoms with E-state index in [0.29, 0.717) is 17.5 Å². The van der Waals surface area contributed by atoms with Crippen LogP contribution in [-0.2, 0) is 0 Å². The van der Waals surface area contributed by atoms with Crippen LogP contribution in [0.2, 0.25) is 0 Å². The van der Waals surface area contributed by atoms with Gasteiger partial charge in [-0.1, -0.05) is 109 Å². The largest absolute Gasteiger partial charge is 0.208 e. The average Bonchev–Trinajstić information content (AvgIpc) is 2.85. The number of benzene rings is 4. The van der Waals surface area contributed by atoms with Crippen molar-refractivity contribution >= 4 is 13.3 Å². The van der Waals surface area contributed by atoms with Crippen molar-refractivity contribution in [3.63, 3.8) is 0 Å². The van der Waals surface area contributed by atoms with Gasteiger partial charge in [0, 0.05) is 16.7 Å². The highest BCUT2D eigenvalue weighted by atomic mass is 15.0. The predicted molar refractivity (Wildman–Crippen MR) is 130 cm³/mol. The first kappa shape index (κ1) is 19.0. The van der Waals surface area contributed by atoms with Gasteiger partial charge in [0.25, 0.3) is 0 Å². The molecule has 1 heterocycles. The number of hydrogen-bond acceptors (Lipinski definition) is 3. The van der Waals surface area contributed by atoms with Gasteiger partial charge in [-0.2, -0.15) is 0 Å². The van der Waals surface area contributed by atoms with Crippen molar-refractivity contribution in [3.05, 3.63) is 109 Å². The van der Waals surface area contributed by atoms with E-state index in [1.165, 1.54) is 11.0 Å². The maximum Gasteiger partial charge on any atom is 0.164 e. The van der Waals surface area contributed by atoms with Crippen LogP contribution in [0.3, 0.4) is 0 Å². The summed E-state index contributed by atoms with van der Waals surface area (Å²) < 4.78 is 0. The van der Waals surface area contributed by atoms with Crippen LogP contribution < -0.4 is 5.46 Å². The average molecular weight is 397 g/mol. The first-order valence-electron chi connectivity index (χ1n) is 10.3. The van der Waals surface area contributed by atoms with Crippen LogP contribution in [-0.4, -0.2) is 22.8 Å². The minimum absolute atomic E-state index is 0.669. The Bertz CT molecular complexity index is 1280. The summed E-state index contributed by atoms with van der Waals surface area (Å²) in [5.74, 6) is 2.01. The quantitative estimate of drug-likeness (QED) is 0.409. The molecule has 0 radical (unpaired) electrons. The van der Waals surface area contributed by atoms with Crippen molar-refractivity contribution in [2.75, 3.05) is 0 Å². The molecule has 4 heteroatoms. The Labute approximate surface area is 182 Å². The van der Waals surface area contributed by atoms with Crippen molar-refractivity contribution < 1.29 is 0 Å². The number of nitrogens with zero attached hydrogens (tertiary/aromatic N) is 3. The zero-order chi connectivity index (χ0) is 21.0. The summed E-state index contributed by atoms with van der Waals surface area (Å²) in [6.07, 6.45) is 0. The molecule has 146 valence electrons. The van der Waals surface area contributed by atoms with Gasteiger partial charge >= 0.3 is 0 Å². The van der Waals surface area contributed by atoms with E-state index in [0.717, 1.165) is 22.3 Å². The van der Waals surface area contributed by atoms with Crippen LogP contribution in [0.15, 0.2) is 109 Å². The van der Waals surface area contributed by atoms with Crippen LogP contribution in [0.1, 0.15) is 0 Å². The number of hydrogen-bond donors (Lipinski definition) is 0. The van der Waals surface area contributed by atoms with Gasteiger partial charge in [-0.25, -0.2) is 15.0 Å². The normalized spacial score (nSPS) is 10.7. The van der Waals surface area contributed by atoms with E-state index in [1.807, 2.05) is 60.7 Å². The van der Waals surface area contributed by atoms with Gasteiger partial charge < -0.3 is 0 Å². The minimum atomic E-state index is 0.669. The molecule has 0 N–H and O–H groups in total. The molecular weight excluding hydrogens is 377 g/mol. The summed E-state index contributed by atoms with van der Waals surface area (Å²) in [4.78, 5) is 14.4. The molecule has 0 aliphatic rings. The van der Waals surface area contributed by atoms with E-state index < -0.39 is 0 Å². The summed E-state index contributed by atoms with van der Waals surface area (Å²) in [6.45, 7) is 0. The molecule has 3 nitrogen and oxygen atoms in total. The highest BCUT2D eigenvalue weighted by Gasteiger charge is 2.12. The molecule has 0 aliphatic carbocycles. The fourth-order valence-electron chi connectivity index (χ4n) is 3.60. The number of aromatic nitrogens is 3. The maximum absolute atomic E-state index is 4.83. The summed E-state index contributed by atoms with van der Waals surface area (Å²) in [5, 5.41) is 0. The molecule has 31 heavy (non-hydrogen) atoms. The van der Waals surface area contributed by atoms with Crippen LogP contribution in [0.5, 0.6) is 0 Å². The molecule has 5 aromatic rings. The SMILES string of the molecule is Bc1cccc(-c2cccc(-c3nc(-c4ccccc4)nc(-c4ccccc4)n3)c2)c1. The molecule has 0 aliphatic heterocycles.